The van der Waals surface area contributed by atoms with E-state index in [0.717, 1.165) is 18.5 Å². The number of aromatic nitrogens is 1. The van der Waals surface area contributed by atoms with Gasteiger partial charge in [-0.2, -0.15) is 0 Å². The van der Waals surface area contributed by atoms with Gasteiger partial charge in [0.25, 0.3) is 0 Å². The molecule has 17 heavy (non-hydrogen) atoms. The molecule has 0 radical (unpaired) electrons. The van der Waals surface area contributed by atoms with Crippen LogP contribution in [0.4, 0.5) is 5.82 Å². The molecule has 0 unspecified atom stereocenters. The van der Waals surface area contributed by atoms with E-state index in [9.17, 15) is 4.79 Å². The highest BCUT2D eigenvalue weighted by Crippen LogP contribution is 2.42. The fourth-order valence-electron chi connectivity index (χ4n) is 2.27. The van der Waals surface area contributed by atoms with Crippen LogP contribution in [-0.2, 0) is 4.79 Å². The summed E-state index contributed by atoms with van der Waals surface area (Å²) >= 11 is 0. The third-order valence-corrected chi connectivity index (χ3v) is 3.54. The van der Waals surface area contributed by atoms with E-state index in [1.807, 2.05) is 19.1 Å². The van der Waals surface area contributed by atoms with Crippen LogP contribution in [0.1, 0.15) is 31.4 Å². The summed E-state index contributed by atoms with van der Waals surface area (Å²) in [5, 5.41) is 2.84. The largest absolute Gasteiger partial charge is 0.330 e. The highest BCUT2D eigenvalue weighted by molar-refractivity contribution is 5.90. The quantitative estimate of drug-likeness (QED) is 0.834. The maximum atomic E-state index is 11.9. The third-order valence-electron chi connectivity index (χ3n) is 3.54. The fourth-order valence-corrected chi connectivity index (χ4v) is 2.27. The highest BCUT2D eigenvalue weighted by atomic mass is 16.1. The first kappa shape index (κ1) is 12.0. The van der Waals surface area contributed by atoms with Gasteiger partial charge in [0.1, 0.15) is 5.82 Å². The van der Waals surface area contributed by atoms with Gasteiger partial charge in [0.05, 0.1) is 0 Å². The lowest BCUT2D eigenvalue weighted by Crippen LogP contribution is -2.40. The molecule has 1 aliphatic carbocycles. The summed E-state index contributed by atoms with van der Waals surface area (Å²) in [5.41, 5.74) is 6.69. The lowest BCUT2D eigenvalue weighted by atomic mass is 9.66. The third kappa shape index (κ3) is 2.82. The molecule has 1 heterocycles. The molecule has 3 N–H and O–H groups in total. The zero-order valence-corrected chi connectivity index (χ0v) is 10.2. The van der Waals surface area contributed by atoms with Crippen LogP contribution in [0.5, 0.6) is 0 Å². The molecule has 0 spiro atoms. The van der Waals surface area contributed by atoms with Gasteiger partial charge in [-0.1, -0.05) is 12.5 Å². The van der Waals surface area contributed by atoms with Crippen molar-refractivity contribution in [1.82, 2.24) is 4.98 Å². The Morgan fingerprint density at radius 1 is 1.53 bits per heavy atom. The summed E-state index contributed by atoms with van der Waals surface area (Å²) in [6.07, 6.45) is 3.84. The molecular formula is C13H19N3O. The topological polar surface area (TPSA) is 68.0 Å². The van der Waals surface area contributed by atoms with Crippen LogP contribution >= 0.6 is 0 Å². The summed E-state index contributed by atoms with van der Waals surface area (Å²) in [5.74, 6) is 0.648. The number of nitrogens with zero attached hydrogens (tertiary/aromatic N) is 1. The average molecular weight is 233 g/mol. The Labute approximate surface area is 102 Å². The molecule has 0 aliphatic heterocycles. The molecule has 0 aromatic carbocycles. The number of amides is 1. The zero-order valence-electron chi connectivity index (χ0n) is 10.2. The van der Waals surface area contributed by atoms with E-state index < -0.39 is 0 Å². The normalized spacial score (nSPS) is 17.3. The van der Waals surface area contributed by atoms with Gasteiger partial charge in [-0.05, 0) is 43.9 Å². The number of pyridine rings is 1. The van der Waals surface area contributed by atoms with Gasteiger partial charge in [0.2, 0.25) is 5.91 Å². The van der Waals surface area contributed by atoms with Crippen molar-refractivity contribution in [2.24, 2.45) is 11.1 Å². The Bertz CT molecular complexity index is 407. The lowest BCUT2D eigenvalue weighted by Gasteiger charge is -2.40. The molecule has 1 fully saturated rings. The van der Waals surface area contributed by atoms with E-state index in [2.05, 4.69) is 10.3 Å². The second-order valence-electron chi connectivity index (χ2n) is 4.95. The van der Waals surface area contributed by atoms with Crippen LogP contribution in [0.3, 0.4) is 0 Å². The molecule has 92 valence electrons. The molecule has 4 heteroatoms. The second-order valence-corrected chi connectivity index (χ2v) is 4.95. The summed E-state index contributed by atoms with van der Waals surface area (Å²) in [6.45, 7) is 2.50. The maximum Gasteiger partial charge on any atom is 0.226 e. The Kier molecular flexibility index (Phi) is 3.43. The van der Waals surface area contributed by atoms with Crippen LogP contribution in [0.2, 0.25) is 0 Å². The SMILES string of the molecule is Cc1cccc(NC(=O)CC2(CN)CCC2)n1. The average Bonchev–Trinajstić information content (AvgIpc) is 2.23. The van der Waals surface area contributed by atoms with Crippen molar-refractivity contribution in [2.75, 3.05) is 11.9 Å². The molecule has 1 aromatic rings. The molecule has 4 nitrogen and oxygen atoms in total. The van der Waals surface area contributed by atoms with Crippen molar-refractivity contribution in [3.8, 4) is 0 Å². The number of aryl methyl sites for hydroxylation is 1. The Morgan fingerprint density at radius 3 is 2.82 bits per heavy atom. The van der Waals surface area contributed by atoms with Gasteiger partial charge in [-0.25, -0.2) is 4.98 Å². The van der Waals surface area contributed by atoms with Crippen LogP contribution in [-0.4, -0.2) is 17.4 Å². The van der Waals surface area contributed by atoms with Gasteiger partial charge in [0, 0.05) is 12.1 Å². The van der Waals surface area contributed by atoms with Crippen molar-refractivity contribution < 1.29 is 4.79 Å². The van der Waals surface area contributed by atoms with Crippen molar-refractivity contribution in [3.05, 3.63) is 23.9 Å². The number of hydrogen-bond acceptors (Lipinski definition) is 3. The minimum atomic E-state index is 0.0215. The number of rotatable bonds is 4. The minimum absolute atomic E-state index is 0.0215. The molecule has 0 atom stereocenters. The Morgan fingerprint density at radius 2 is 2.29 bits per heavy atom. The monoisotopic (exact) mass is 233 g/mol. The van der Waals surface area contributed by atoms with E-state index >= 15 is 0 Å². The maximum absolute atomic E-state index is 11.9. The molecular weight excluding hydrogens is 214 g/mol. The Hall–Kier alpha value is -1.42. The number of hydrogen-bond donors (Lipinski definition) is 2. The summed E-state index contributed by atoms with van der Waals surface area (Å²) < 4.78 is 0. The summed E-state index contributed by atoms with van der Waals surface area (Å²) in [6, 6.07) is 5.60. The Balaban J connectivity index is 1.93. The number of carbonyl (C=O) groups excluding carboxylic acids is 1. The minimum Gasteiger partial charge on any atom is -0.330 e. The lowest BCUT2D eigenvalue weighted by molar-refractivity contribution is -0.119. The van der Waals surface area contributed by atoms with E-state index in [-0.39, 0.29) is 11.3 Å². The summed E-state index contributed by atoms with van der Waals surface area (Å²) in [7, 11) is 0. The first-order valence-corrected chi connectivity index (χ1v) is 6.07. The molecule has 1 aromatic heterocycles. The van der Waals surface area contributed by atoms with Gasteiger partial charge >= 0.3 is 0 Å². The van der Waals surface area contributed by atoms with Crippen molar-refractivity contribution in [1.29, 1.82) is 0 Å². The van der Waals surface area contributed by atoms with E-state index in [1.165, 1.54) is 6.42 Å². The fraction of sp³-hybridized carbons (Fsp3) is 0.538. The van der Waals surface area contributed by atoms with E-state index in [4.69, 9.17) is 5.73 Å². The van der Waals surface area contributed by atoms with Gasteiger partial charge in [-0.3, -0.25) is 4.79 Å². The molecule has 0 saturated heterocycles. The van der Waals surface area contributed by atoms with E-state index in [0.29, 0.717) is 18.8 Å². The first-order valence-electron chi connectivity index (χ1n) is 6.07. The second kappa shape index (κ2) is 4.84. The van der Waals surface area contributed by atoms with Crippen molar-refractivity contribution in [2.45, 2.75) is 32.6 Å². The van der Waals surface area contributed by atoms with Gasteiger partial charge in [-0.15, -0.1) is 0 Å². The predicted molar refractivity (Wildman–Crippen MR) is 67.6 cm³/mol. The molecule has 1 amide bonds. The predicted octanol–water partition coefficient (Wildman–Crippen LogP) is 1.85. The molecule has 0 bridgehead atoms. The number of anilines is 1. The molecule has 2 rings (SSSR count). The van der Waals surface area contributed by atoms with Crippen LogP contribution in [0.15, 0.2) is 18.2 Å². The van der Waals surface area contributed by atoms with Gasteiger partial charge in [0.15, 0.2) is 0 Å². The van der Waals surface area contributed by atoms with Crippen molar-refractivity contribution in [3.63, 3.8) is 0 Å². The van der Waals surface area contributed by atoms with E-state index in [1.54, 1.807) is 6.07 Å². The smallest absolute Gasteiger partial charge is 0.226 e. The first-order chi connectivity index (χ1) is 8.13. The zero-order chi connectivity index (χ0) is 12.3. The number of nitrogens with two attached hydrogens (primary N) is 1. The van der Waals surface area contributed by atoms with Crippen LogP contribution in [0.25, 0.3) is 0 Å². The molecule has 1 aliphatic rings. The standard InChI is InChI=1S/C13H19N3O/c1-10-4-2-5-11(15-10)16-12(17)8-13(9-14)6-3-7-13/h2,4-5H,3,6-9,14H2,1H3,(H,15,16,17). The number of nitrogens with one attached hydrogen (secondary N) is 1. The van der Waals surface area contributed by atoms with Crippen LogP contribution < -0.4 is 11.1 Å². The van der Waals surface area contributed by atoms with Crippen LogP contribution in [0, 0.1) is 12.3 Å². The molecule has 1 saturated carbocycles. The summed E-state index contributed by atoms with van der Waals surface area (Å²) in [4.78, 5) is 16.1. The highest BCUT2D eigenvalue weighted by Gasteiger charge is 2.37. The van der Waals surface area contributed by atoms with Crippen molar-refractivity contribution >= 4 is 11.7 Å². The van der Waals surface area contributed by atoms with Gasteiger partial charge < -0.3 is 11.1 Å². The number of carbonyl (C=O) groups is 1.